The minimum Gasteiger partial charge on any atom is -0.322 e. The van der Waals surface area contributed by atoms with E-state index >= 15 is 0 Å². The largest absolute Gasteiger partial charge is 0.322 e. The second kappa shape index (κ2) is 10.5. The van der Waals surface area contributed by atoms with E-state index in [0.29, 0.717) is 31.0 Å². The Morgan fingerprint density at radius 2 is 1.64 bits per heavy atom. The molecule has 0 bridgehead atoms. The molecule has 0 aliphatic carbocycles. The summed E-state index contributed by atoms with van der Waals surface area (Å²) < 4.78 is 0. The molecule has 1 atom stereocenters. The van der Waals surface area contributed by atoms with Gasteiger partial charge in [0.2, 0.25) is 11.8 Å². The molecule has 4 heterocycles. The van der Waals surface area contributed by atoms with Gasteiger partial charge in [0.25, 0.3) is 11.8 Å². The van der Waals surface area contributed by atoms with Crippen molar-refractivity contribution >= 4 is 29.3 Å². The summed E-state index contributed by atoms with van der Waals surface area (Å²) in [4.78, 5) is 56.2. The Morgan fingerprint density at radius 1 is 0.810 bits per heavy atom. The number of aryl methyl sites for hydroxylation is 1. The van der Waals surface area contributed by atoms with Crippen molar-refractivity contribution in [1.82, 2.24) is 15.1 Å². The summed E-state index contributed by atoms with van der Waals surface area (Å²) >= 11 is 0. The third-order valence-corrected chi connectivity index (χ3v) is 9.30. The van der Waals surface area contributed by atoms with Crippen molar-refractivity contribution in [3.05, 3.63) is 99.6 Å². The van der Waals surface area contributed by atoms with Crippen LogP contribution in [0.5, 0.6) is 0 Å². The summed E-state index contributed by atoms with van der Waals surface area (Å²) in [5.41, 5.74) is 8.00. The smallest absolute Gasteiger partial charge is 0.258 e. The van der Waals surface area contributed by atoms with Gasteiger partial charge in [0, 0.05) is 36.3 Å². The minimum absolute atomic E-state index is 0.0717. The van der Waals surface area contributed by atoms with Crippen LogP contribution in [0.4, 0.5) is 5.69 Å². The Kier molecular flexibility index (Phi) is 6.66. The van der Waals surface area contributed by atoms with Crippen molar-refractivity contribution in [2.24, 2.45) is 0 Å². The number of likely N-dealkylation sites (tertiary alicyclic amines) is 1. The number of hydrogen-bond donors (Lipinski definition) is 1. The molecule has 3 aromatic carbocycles. The fourth-order valence-corrected chi connectivity index (χ4v) is 6.98. The van der Waals surface area contributed by atoms with Crippen molar-refractivity contribution in [2.75, 3.05) is 18.0 Å². The predicted octanol–water partition coefficient (Wildman–Crippen LogP) is 4.30. The molecule has 0 spiro atoms. The van der Waals surface area contributed by atoms with Crippen LogP contribution in [0.2, 0.25) is 0 Å². The molecule has 4 aliphatic heterocycles. The van der Waals surface area contributed by atoms with E-state index in [1.165, 1.54) is 5.56 Å². The van der Waals surface area contributed by atoms with Gasteiger partial charge in [0.15, 0.2) is 0 Å². The number of benzene rings is 3. The topological polar surface area (TPSA) is 90.0 Å². The highest BCUT2D eigenvalue weighted by Gasteiger charge is 2.39. The van der Waals surface area contributed by atoms with Crippen molar-refractivity contribution in [3.8, 4) is 0 Å². The van der Waals surface area contributed by atoms with E-state index in [9.17, 15) is 19.2 Å². The Labute approximate surface area is 245 Å². The quantitative estimate of drug-likeness (QED) is 0.469. The third-order valence-electron chi connectivity index (χ3n) is 9.30. The number of nitrogens with zero attached hydrogens (tertiary/aromatic N) is 3. The van der Waals surface area contributed by atoms with Crippen LogP contribution in [0.3, 0.4) is 0 Å². The normalized spacial score (nSPS) is 21.1. The molecule has 2 fully saturated rings. The number of carbonyl (C=O) groups is 4. The Bertz CT molecular complexity index is 1620. The molecule has 7 rings (SSSR count). The Morgan fingerprint density at radius 3 is 2.43 bits per heavy atom. The zero-order chi connectivity index (χ0) is 29.0. The molecule has 2 saturated heterocycles. The van der Waals surface area contributed by atoms with Crippen molar-refractivity contribution in [2.45, 2.75) is 64.2 Å². The first-order valence-corrected chi connectivity index (χ1v) is 14.8. The third kappa shape index (κ3) is 4.79. The summed E-state index contributed by atoms with van der Waals surface area (Å²) in [6.45, 7) is 5.80. The number of anilines is 1. The van der Waals surface area contributed by atoms with E-state index in [1.54, 1.807) is 4.90 Å². The van der Waals surface area contributed by atoms with Gasteiger partial charge in [0.1, 0.15) is 6.04 Å². The number of fused-ring (bicyclic) bond motifs is 2. The number of nitrogens with one attached hydrogen (secondary N) is 1. The lowest BCUT2D eigenvalue weighted by Gasteiger charge is -2.32. The van der Waals surface area contributed by atoms with Crippen LogP contribution >= 0.6 is 0 Å². The molecule has 4 amide bonds. The first-order chi connectivity index (χ1) is 20.3. The van der Waals surface area contributed by atoms with Crippen molar-refractivity contribution in [3.63, 3.8) is 0 Å². The van der Waals surface area contributed by atoms with Crippen molar-refractivity contribution in [1.29, 1.82) is 0 Å². The van der Waals surface area contributed by atoms with E-state index in [0.717, 1.165) is 66.0 Å². The van der Waals surface area contributed by atoms with E-state index in [-0.39, 0.29) is 30.0 Å². The first-order valence-electron chi connectivity index (χ1n) is 14.8. The molecule has 42 heavy (non-hydrogen) atoms. The molecule has 1 unspecified atom stereocenters. The van der Waals surface area contributed by atoms with Crippen LogP contribution in [-0.4, -0.2) is 52.6 Å². The van der Waals surface area contributed by atoms with Crippen LogP contribution in [0, 0.1) is 6.92 Å². The minimum atomic E-state index is -0.589. The molecule has 1 N–H and O–H groups in total. The molecule has 8 heteroatoms. The highest BCUT2D eigenvalue weighted by Crippen LogP contribution is 2.35. The number of amides is 4. The standard InChI is InChI=1S/C34H34N4O4/c1-21-3-2-4-27(15-21)37-19-25-6-5-22(16-29(25)34(37)42)18-36-13-11-23(12-14-36)24-7-8-28-26(17-24)20-38(33(28)41)30-9-10-31(39)35-32(30)40/h2-8,15-17,23,30H,9-14,18-20H2,1H3,(H,35,39,40). The molecule has 3 aromatic rings. The number of piperidine rings is 2. The molecule has 214 valence electrons. The average molecular weight is 563 g/mol. The zero-order valence-corrected chi connectivity index (χ0v) is 23.8. The molecule has 4 aliphatic rings. The van der Waals surface area contributed by atoms with E-state index < -0.39 is 6.04 Å². The van der Waals surface area contributed by atoms with Gasteiger partial charge in [0.05, 0.1) is 6.54 Å². The van der Waals surface area contributed by atoms with Crippen LogP contribution in [-0.2, 0) is 29.2 Å². The SMILES string of the molecule is Cc1cccc(N2Cc3ccc(CN4CCC(c5ccc6c(c5)CN(C5CCC(=O)NC5=O)C6=O)CC4)cc3C2=O)c1. The summed E-state index contributed by atoms with van der Waals surface area (Å²) in [7, 11) is 0. The number of hydrogen-bond acceptors (Lipinski definition) is 5. The summed E-state index contributed by atoms with van der Waals surface area (Å²) in [5.74, 6) is -0.297. The van der Waals surface area contributed by atoms with Gasteiger partial charge in [-0.15, -0.1) is 0 Å². The number of imide groups is 1. The second-order valence-electron chi connectivity index (χ2n) is 12.1. The van der Waals surface area contributed by atoms with Crippen LogP contribution in [0.1, 0.15) is 80.1 Å². The number of carbonyl (C=O) groups excluding carboxylic acids is 4. The summed E-state index contributed by atoms with van der Waals surface area (Å²) in [6, 6.07) is 20.0. The van der Waals surface area contributed by atoms with Gasteiger partial charge in [-0.25, -0.2) is 0 Å². The fraction of sp³-hybridized carbons (Fsp3) is 0.353. The van der Waals surface area contributed by atoms with Crippen LogP contribution in [0.25, 0.3) is 0 Å². The van der Waals surface area contributed by atoms with E-state index in [1.807, 2.05) is 36.1 Å². The highest BCUT2D eigenvalue weighted by atomic mass is 16.2. The first kappa shape index (κ1) is 26.6. The van der Waals surface area contributed by atoms with Gasteiger partial charge in [-0.3, -0.25) is 29.4 Å². The monoisotopic (exact) mass is 562 g/mol. The molecule has 8 nitrogen and oxygen atoms in total. The highest BCUT2D eigenvalue weighted by molar-refractivity contribution is 6.10. The second-order valence-corrected chi connectivity index (χ2v) is 12.1. The summed E-state index contributed by atoms with van der Waals surface area (Å²) in [5, 5.41) is 2.37. The maximum atomic E-state index is 13.2. The molecule has 0 radical (unpaired) electrons. The lowest BCUT2D eigenvalue weighted by Crippen LogP contribution is -2.52. The van der Waals surface area contributed by atoms with Gasteiger partial charge in [-0.2, -0.15) is 0 Å². The summed E-state index contributed by atoms with van der Waals surface area (Å²) in [6.07, 6.45) is 2.68. The maximum absolute atomic E-state index is 13.2. The van der Waals surface area contributed by atoms with E-state index in [2.05, 4.69) is 46.6 Å². The fourth-order valence-electron chi connectivity index (χ4n) is 6.98. The molecule has 0 saturated carbocycles. The Hall–Kier alpha value is -4.30. The predicted molar refractivity (Wildman–Crippen MR) is 158 cm³/mol. The maximum Gasteiger partial charge on any atom is 0.258 e. The van der Waals surface area contributed by atoms with Gasteiger partial charge < -0.3 is 9.80 Å². The Balaban J connectivity index is 0.974. The number of rotatable bonds is 5. The zero-order valence-electron chi connectivity index (χ0n) is 23.8. The van der Waals surface area contributed by atoms with Gasteiger partial charge in [-0.05, 0) is 97.3 Å². The molecule has 0 aromatic heterocycles. The van der Waals surface area contributed by atoms with Crippen LogP contribution in [0.15, 0.2) is 60.7 Å². The van der Waals surface area contributed by atoms with Crippen LogP contribution < -0.4 is 10.2 Å². The van der Waals surface area contributed by atoms with Gasteiger partial charge in [-0.1, -0.05) is 36.4 Å². The van der Waals surface area contributed by atoms with Gasteiger partial charge >= 0.3 is 0 Å². The van der Waals surface area contributed by atoms with Crippen molar-refractivity contribution < 1.29 is 19.2 Å². The lowest BCUT2D eigenvalue weighted by atomic mass is 9.87. The average Bonchev–Trinajstić information content (AvgIpc) is 3.49. The molecular formula is C34H34N4O4. The van der Waals surface area contributed by atoms with E-state index in [4.69, 9.17) is 0 Å². The lowest BCUT2D eigenvalue weighted by molar-refractivity contribution is -0.136. The molecular weight excluding hydrogens is 528 g/mol.